The number of carboxylic acids is 1. The average Bonchev–Trinajstić information content (AvgIpc) is 2.53. The first-order valence-corrected chi connectivity index (χ1v) is 7.20. The summed E-state index contributed by atoms with van der Waals surface area (Å²) in [6.07, 6.45) is 2.72. The summed E-state index contributed by atoms with van der Waals surface area (Å²) in [4.78, 5) is 40.6. The zero-order valence-electron chi connectivity index (χ0n) is 12.4. The number of aromatic nitrogens is 1. The van der Waals surface area contributed by atoms with Gasteiger partial charge in [0.1, 0.15) is 5.69 Å². The Bertz CT molecular complexity index is 561. The highest BCUT2D eigenvalue weighted by molar-refractivity contribution is 5.94. The van der Waals surface area contributed by atoms with Crippen molar-refractivity contribution in [3.63, 3.8) is 0 Å². The van der Waals surface area contributed by atoms with Crippen molar-refractivity contribution in [1.82, 2.24) is 15.2 Å². The van der Waals surface area contributed by atoms with Gasteiger partial charge < -0.3 is 15.3 Å². The fraction of sp³-hybridized carbons (Fsp3) is 0.467. The second kappa shape index (κ2) is 7.02. The molecule has 0 aromatic carbocycles. The number of carbonyl (C=O) groups excluding carboxylic acids is 2. The van der Waals surface area contributed by atoms with E-state index in [1.165, 1.54) is 11.1 Å². The number of piperidine rings is 1. The smallest absolute Gasteiger partial charge is 0.308 e. The number of hydrogen-bond donors (Lipinski definition) is 2. The minimum atomic E-state index is -0.887. The van der Waals surface area contributed by atoms with Crippen LogP contribution in [0.15, 0.2) is 24.4 Å². The maximum atomic E-state index is 12.2. The fourth-order valence-electron chi connectivity index (χ4n) is 2.50. The van der Waals surface area contributed by atoms with Crippen LogP contribution in [0.25, 0.3) is 0 Å². The maximum Gasteiger partial charge on any atom is 0.308 e. The lowest BCUT2D eigenvalue weighted by molar-refractivity contribution is -0.146. The first-order chi connectivity index (χ1) is 10.5. The summed E-state index contributed by atoms with van der Waals surface area (Å²) < 4.78 is 0. The van der Waals surface area contributed by atoms with Crippen molar-refractivity contribution in [2.24, 2.45) is 5.92 Å². The number of nitrogens with one attached hydrogen (secondary N) is 1. The molecule has 1 aliphatic rings. The normalized spacial score (nSPS) is 21.2. The summed E-state index contributed by atoms with van der Waals surface area (Å²) in [5.41, 5.74) is 0.241. The minimum absolute atomic E-state index is 0.0187. The van der Waals surface area contributed by atoms with Crippen molar-refractivity contribution >= 4 is 17.8 Å². The fourth-order valence-corrected chi connectivity index (χ4v) is 2.50. The van der Waals surface area contributed by atoms with Crippen molar-refractivity contribution in [1.29, 1.82) is 0 Å². The standard InChI is InChI=1S/C15H19N3O4/c1-10-5-6-11(15(21)22)9-18(10)13(19)8-17-14(20)12-4-2-3-7-16-12/h2-4,7,10-11H,5-6,8-9H2,1H3,(H,17,20)(H,21,22). The van der Waals surface area contributed by atoms with Gasteiger partial charge in [-0.3, -0.25) is 19.4 Å². The van der Waals surface area contributed by atoms with Crippen LogP contribution in [0.5, 0.6) is 0 Å². The van der Waals surface area contributed by atoms with Crippen LogP contribution in [-0.2, 0) is 9.59 Å². The van der Waals surface area contributed by atoms with E-state index < -0.39 is 17.8 Å². The van der Waals surface area contributed by atoms with Crippen LogP contribution in [0, 0.1) is 5.92 Å². The number of carboxylic acid groups (broad SMARTS) is 1. The van der Waals surface area contributed by atoms with Gasteiger partial charge in [-0.05, 0) is 31.9 Å². The molecule has 0 saturated carbocycles. The number of likely N-dealkylation sites (tertiary alicyclic amines) is 1. The van der Waals surface area contributed by atoms with E-state index in [0.717, 1.165) is 0 Å². The van der Waals surface area contributed by atoms with Crippen molar-refractivity contribution in [2.75, 3.05) is 13.1 Å². The van der Waals surface area contributed by atoms with E-state index in [-0.39, 0.29) is 30.7 Å². The van der Waals surface area contributed by atoms with Crippen LogP contribution >= 0.6 is 0 Å². The molecule has 1 aromatic rings. The Morgan fingerprint density at radius 2 is 2.14 bits per heavy atom. The maximum absolute atomic E-state index is 12.2. The Kier molecular flexibility index (Phi) is 5.08. The van der Waals surface area contributed by atoms with Crippen molar-refractivity contribution in [3.05, 3.63) is 30.1 Å². The van der Waals surface area contributed by atoms with Gasteiger partial charge in [-0.1, -0.05) is 6.07 Å². The molecule has 0 bridgehead atoms. The molecular weight excluding hydrogens is 286 g/mol. The largest absolute Gasteiger partial charge is 0.481 e. The number of carbonyl (C=O) groups is 3. The lowest BCUT2D eigenvalue weighted by Crippen LogP contribution is -2.50. The highest BCUT2D eigenvalue weighted by atomic mass is 16.4. The quantitative estimate of drug-likeness (QED) is 0.845. The van der Waals surface area contributed by atoms with E-state index in [9.17, 15) is 14.4 Å². The molecular formula is C15H19N3O4. The minimum Gasteiger partial charge on any atom is -0.481 e. The number of amides is 2. The van der Waals surface area contributed by atoms with Gasteiger partial charge in [0.25, 0.3) is 5.91 Å². The van der Waals surface area contributed by atoms with Crippen molar-refractivity contribution < 1.29 is 19.5 Å². The Hall–Kier alpha value is -2.44. The third kappa shape index (κ3) is 3.81. The summed E-state index contributed by atoms with van der Waals surface area (Å²) in [6, 6.07) is 4.93. The molecule has 1 saturated heterocycles. The molecule has 0 spiro atoms. The Labute approximate surface area is 128 Å². The lowest BCUT2D eigenvalue weighted by Gasteiger charge is -2.36. The van der Waals surface area contributed by atoms with Gasteiger partial charge in [0.05, 0.1) is 12.5 Å². The summed E-state index contributed by atoms with van der Waals surface area (Å²) in [6.45, 7) is 1.91. The van der Waals surface area contributed by atoms with Gasteiger partial charge in [0.2, 0.25) is 5.91 Å². The van der Waals surface area contributed by atoms with E-state index in [0.29, 0.717) is 12.8 Å². The number of rotatable bonds is 4. The number of pyridine rings is 1. The van der Waals surface area contributed by atoms with E-state index in [1.54, 1.807) is 18.2 Å². The highest BCUT2D eigenvalue weighted by Gasteiger charge is 2.32. The molecule has 1 aliphatic heterocycles. The summed E-state index contributed by atoms with van der Waals surface area (Å²) in [7, 11) is 0. The summed E-state index contributed by atoms with van der Waals surface area (Å²) >= 11 is 0. The molecule has 22 heavy (non-hydrogen) atoms. The lowest BCUT2D eigenvalue weighted by atomic mass is 9.93. The van der Waals surface area contributed by atoms with Crippen LogP contribution in [0.1, 0.15) is 30.3 Å². The van der Waals surface area contributed by atoms with Gasteiger partial charge >= 0.3 is 5.97 Å². The third-order valence-electron chi connectivity index (χ3n) is 3.85. The van der Waals surface area contributed by atoms with E-state index >= 15 is 0 Å². The molecule has 7 nitrogen and oxygen atoms in total. The molecule has 2 atom stereocenters. The van der Waals surface area contributed by atoms with Crippen LogP contribution in [0.3, 0.4) is 0 Å². The Morgan fingerprint density at radius 1 is 1.36 bits per heavy atom. The molecule has 0 aliphatic carbocycles. The second-order valence-corrected chi connectivity index (χ2v) is 5.41. The van der Waals surface area contributed by atoms with Gasteiger partial charge in [-0.2, -0.15) is 0 Å². The molecule has 2 N–H and O–H groups in total. The van der Waals surface area contributed by atoms with Crippen LogP contribution in [-0.4, -0.2) is 51.9 Å². The Balaban J connectivity index is 1.91. The molecule has 1 fully saturated rings. The molecule has 1 aromatic heterocycles. The predicted molar refractivity (Wildman–Crippen MR) is 78.1 cm³/mol. The van der Waals surface area contributed by atoms with Crippen LogP contribution in [0.4, 0.5) is 0 Å². The first-order valence-electron chi connectivity index (χ1n) is 7.20. The summed E-state index contributed by atoms with van der Waals surface area (Å²) in [5, 5.41) is 11.6. The van der Waals surface area contributed by atoms with E-state index in [2.05, 4.69) is 10.3 Å². The van der Waals surface area contributed by atoms with Crippen LogP contribution < -0.4 is 5.32 Å². The highest BCUT2D eigenvalue weighted by Crippen LogP contribution is 2.22. The number of hydrogen-bond acceptors (Lipinski definition) is 4. The van der Waals surface area contributed by atoms with Gasteiger partial charge in [-0.25, -0.2) is 0 Å². The third-order valence-corrected chi connectivity index (χ3v) is 3.85. The van der Waals surface area contributed by atoms with Gasteiger partial charge in [0.15, 0.2) is 0 Å². The number of aliphatic carboxylic acids is 1. The molecule has 2 heterocycles. The molecule has 0 radical (unpaired) electrons. The average molecular weight is 305 g/mol. The molecule has 2 unspecified atom stereocenters. The van der Waals surface area contributed by atoms with Crippen LogP contribution in [0.2, 0.25) is 0 Å². The Morgan fingerprint density at radius 3 is 2.77 bits per heavy atom. The SMILES string of the molecule is CC1CCC(C(=O)O)CN1C(=O)CNC(=O)c1ccccn1. The van der Waals surface area contributed by atoms with Gasteiger partial charge in [-0.15, -0.1) is 0 Å². The zero-order chi connectivity index (χ0) is 16.1. The second-order valence-electron chi connectivity index (χ2n) is 5.41. The molecule has 118 valence electrons. The molecule has 2 amide bonds. The molecule has 2 rings (SSSR count). The number of nitrogens with zero attached hydrogens (tertiary/aromatic N) is 2. The predicted octanol–water partition coefficient (Wildman–Crippen LogP) is 0.523. The van der Waals surface area contributed by atoms with Gasteiger partial charge in [0, 0.05) is 18.8 Å². The van der Waals surface area contributed by atoms with Crippen molar-refractivity contribution in [3.8, 4) is 0 Å². The first kappa shape index (κ1) is 15.9. The summed E-state index contributed by atoms with van der Waals surface area (Å²) in [5.74, 6) is -2.12. The van der Waals surface area contributed by atoms with E-state index in [1.807, 2.05) is 6.92 Å². The van der Waals surface area contributed by atoms with E-state index in [4.69, 9.17) is 5.11 Å². The topological polar surface area (TPSA) is 99.6 Å². The zero-order valence-corrected chi connectivity index (χ0v) is 12.4. The molecule has 7 heteroatoms. The monoisotopic (exact) mass is 305 g/mol. The van der Waals surface area contributed by atoms with Crippen molar-refractivity contribution in [2.45, 2.75) is 25.8 Å².